The number of nitrogens with one attached hydrogen (secondary N) is 1. The Morgan fingerprint density at radius 1 is 1.44 bits per heavy atom. The van der Waals surface area contributed by atoms with Gasteiger partial charge in [-0.15, -0.1) is 0 Å². The molecule has 1 saturated heterocycles. The number of β-amino-alcohol motifs (C(OH)–C–C–N with tert-alkyl or cyclic N) is 1. The number of likely N-dealkylation sites (tertiary alicyclic amines) is 1. The smallest absolute Gasteiger partial charge is 0.317 e. The molecule has 2 amide bonds. The van der Waals surface area contributed by atoms with E-state index in [4.69, 9.17) is 5.11 Å². The lowest BCUT2D eigenvalue weighted by Crippen LogP contribution is -2.66. The first kappa shape index (κ1) is 13.1. The van der Waals surface area contributed by atoms with Crippen molar-refractivity contribution in [1.29, 1.82) is 0 Å². The molecule has 1 saturated carbocycles. The molecule has 1 aliphatic heterocycles. The van der Waals surface area contributed by atoms with E-state index in [0.717, 1.165) is 12.8 Å². The lowest BCUT2D eigenvalue weighted by Gasteiger charge is -2.46. The van der Waals surface area contributed by atoms with E-state index in [1.54, 1.807) is 6.92 Å². The van der Waals surface area contributed by atoms with E-state index in [-0.39, 0.29) is 12.6 Å². The minimum Gasteiger partial charge on any atom is -0.481 e. The number of aliphatic hydroxyl groups is 1. The van der Waals surface area contributed by atoms with Crippen molar-refractivity contribution in [3.63, 3.8) is 0 Å². The van der Waals surface area contributed by atoms with Crippen LogP contribution < -0.4 is 5.32 Å². The Balaban J connectivity index is 1.71. The number of rotatable bonds is 5. The number of aliphatic carboxylic acids is 1. The van der Waals surface area contributed by atoms with Crippen molar-refractivity contribution >= 4 is 12.0 Å². The van der Waals surface area contributed by atoms with Crippen molar-refractivity contribution in [1.82, 2.24) is 10.2 Å². The third kappa shape index (κ3) is 2.58. The van der Waals surface area contributed by atoms with Crippen LogP contribution in [0.2, 0.25) is 0 Å². The fourth-order valence-corrected chi connectivity index (χ4v) is 2.37. The first-order valence-corrected chi connectivity index (χ1v) is 6.44. The maximum atomic E-state index is 11.7. The molecule has 1 unspecified atom stereocenters. The molecule has 0 spiro atoms. The first-order chi connectivity index (χ1) is 8.46. The van der Waals surface area contributed by atoms with Crippen molar-refractivity contribution in [3.05, 3.63) is 0 Å². The van der Waals surface area contributed by atoms with Gasteiger partial charge in [-0.1, -0.05) is 6.92 Å². The molecule has 2 rings (SSSR count). The third-order valence-electron chi connectivity index (χ3n) is 3.90. The number of carbonyl (C=O) groups is 2. The van der Waals surface area contributed by atoms with E-state index in [1.807, 2.05) is 0 Å². The summed E-state index contributed by atoms with van der Waals surface area (Å²) in [4.78, 5) is 24.0. The van der Waals surface area contributed by atoms with Crippen molar-refractivity contribution in [2.45, 2.75) is 31.8 Å². The fourth-order valence-electron chi connectivity index (χ4n) is 2.37. The van der Waals surface area contributed by atoms with Gasteiger partial charge in [0.2, 0.25) is 0 Å². The Kier molecular flexibility index (Phi) is 3.47. The summed E-state index contributed by atoms with van der Waals surface area (Å²) >= 11 is 0. The van der Waals surface area contributed by atoms with E-state index in [2.05, 4.69) is 5.32 Å². The number of amides is 2. The second kappa shape index (κ2) is 4.76. The highest BCUT2D eigenvalue weighted by Crippen LogP contribution is 2.44. The zero-order valence-corrected chi connectivity index (χ0v) is 10.6. The number of nitrogens with zero attached hydrogens (tertiary/aromatic N) is 1. The van der Waals surface area contributed by atoms with Crippen LogP contribution in [0.4, 0.5) is 4.79 Å². The predicted octanol–water partition coefficient (Wildman–Crippen LogP) is 0.263. The lowest BCUT2D eigenvalue weighted by molar-refractivity contribution is -0.141. The van der Waals surface area contributed by atoms with Crippen LogP contribution in [0, 0.1) is 11.8 Å². The van der Waals surface area contributed by atoms with Crippen LogP contribution in [-0.4, -0.2) is 52.3 Å². The van der Waals surface area contributed by atoms with Gasteiger partial charge in [-0.05, 0) is 25.2 Å². The second-order valence-electron chi connectivity index (χ2n) is 5.36. The van der Waals surface area contributed by atoms with Gasteiger partial charge in [0.25, 0.3) is 0 Å². The van der Waals surface area contributed by atoms with Gasteiger partial charge in [-0.3, -0.25) is 4.79 Å². The van der Waals surface area contributed by atoms with Gasteiger partial charge in [0.05, 0.1) is 19.0 Å². The van der Waals surface area contributed by atoms with Gasteiger partial charge >= 0.3 is 12.0 Å². The molecule has 1 aliphatic carbocycles. The highest BCUT2D eigenvalue weighted by Gasteiger charge is 2.53. The molecular formula is C12H20N2O4. The number of urea groups is 1. The molecule has 6 nitrogen and oxygen atoms in total. The summed E-state index contributed by atoms with van der Waals surface area (Å²) in [7, 11) is 0. The normalized spacial score (nSPS) is 23.1. The standard InChI is InChI=1S/C12H20N2O4/c1-2-8(10(15)16)5-13-11(17)14-6-12(18,7-14)9-3-4-9/h8-9,18H,2-7H2,1H3,(H,13,17)(H,15,16). The third-order valence-corrected chi connectivity index (χ3v) is 3.90. The number of carboxylic acid groups (broad SMARTS) is 1. The van der Waals surface area contributed by atoms with Gasteiger partial charge in [0.15, 0.2) is 0 Å². The van der Waals surface area contributed by atoms with E-state index < -0.39 is 17.5 Å². The Hall–Kier alpha value is -1.30. The molecule has 1 atom stereocenters. The zero-order chi connectivity index (χ0) is 13.3. The first-order valence-electron chi connectivity index (χ1n) is 6.44. The number of hydrogen-bond acceptors (Lipinski definition) is 3. The van der Waals surface area contributed by atoms with Gasteiger partial charge in [-0.2, -0.15) is 0 Å². The summed E-state index contributed by atoms with van der Waals surface area (Å²) in [5, 5.41) is 21.5. The summed E-state index contributed by atoms with van der Waals surface area (Å²) in [6.45, 7) is 2.66. The molecule has 0 aromatic carbocycles. The maximum absolute atomic E-state index is 11.7. The van der Waals surface area contributed by atoms with Gasteiger partial charge in [-0.25, -0.2) is 4.79 Å². The average Bonchev–Trinajstić information content (AvgIpc) is 3.08. The topological polar surface area (TPSA) is 89.9 Å². The Bertz CT molecular complexity index is 348. The van der Waals surface area contributed by atoms with Crippen molar-refractivity contribution in [3.8, 4) is 0 Å². The van der Waals surface area contributed by atoms with Crippen LogP contribution in [-0.2, 0) is 4.79 Å². The summed E-state index contributed by atoms with van der Waals surface area (Å²) in [6, 6.07) is -0.278. The molecule has 0 radical (unpaired) electrons. The van der Waals surface area contributed by atoms with E-state index in [1.165, 1.54) is 4.90 Å². The fraction of sp³-hybridized carbons (Fsp3) is 0.833. The number of hydrogen-bond donors (Lipinski definition) is 3. The van der Waals surface area contributed by atoms with Crippen molar-refractivity contribution in [2.24, 2.45) is 11.8 Å². The molecule has 2 aliphatic rings. The predicted molar refractivity (Wildman–Crippen MR) is 64.1 cm³/mol. The molecule has 3 N–H and O–H groups in total. The van der Waals surface area contributed by atoms with Crippen LogP contribution >= 0.6 is 0 Å². The van der Waals surface area contributed by atoms with Crippen LogP contribution in [0.1, 0.15) is 26.2 Å². The van der Waals surface area contributed by atoms with E-state index in [0.29, 0.717) is 25.4 Å². The van der Waals surface area contributed by atoms with Crippen molar-refractivity contribution in [2.75, 3.05) is 19.6 Å². The van der Waals surface area contributed by atoms with Crippen LogP contribution in [0.5, 0.6) is 0 Å². The number of carbonyl (C=O) groups excluding carboxylic acids is 1. The monoisotopic (exact) mass is 256 g/mol. The molecule has 0 bridgehead atoms. The summed E-state index contributed by atoms with van der Waals surface area (Å²) < 4.78 is 0. The SMILES string of the molecule is CCC(CNC(=O)N1CC(O)(C2CC2)C1)C(=O)O. The summed E-state index contributed by atoms with van der Waals surface area (Å²) in [5.74, 6) is -1.09. The highest BCUT2D eigenvalue weighted by atomic mass is 16.4. The number of carboxylic acids is 1. The molecule has 1 heterocycles. The largest absolute Gasteiger partial charge is 0.481 e. The molecular weight excluding hydrogens is 236 g/mol. The summed E-state index contributed by atoms with van der Waals surface area (Å²) in [5.41, 5.74) is -0.686. The lowest BCUT2D eigenvalue weighted by atomic mass is 9.89. The quantitative estimate of drug-likeness (QED) is 0.658. The molecule has 18 heavy (non-hydrogen) atoms. The minimum atomic E-state index is -0.893. The van der Waals surface area contributed by atoms with Gasteiger partial charge < -0.3 is 20.4 Å². The van der Waals surface area contributed by atoms with Gasteiger partial charge in [0.1, 0.15) is 5.60 Å². The Morgan fingerprint density at radius 2 is 2.06 bits per heavy atom. The maximum Gasteiger partial charge on any atom is 0.317 e. The van der Waals surface area contributed by atoms with E-state index >= 15 is 0 Å². The summed E-state index contributed by atoms with van der Waals surface area (Å²) in [6.07, 6.45) is 2.58. The Labute approximate surface area is 106 Å². The van der Waals surface area contributed by atoms with E-state index in [9.17, 15) is 14.7 Å². The molecule has 6 heteroatoms. The Morgan fingerprint density at radius 3 is 2.50 bits per heavy atom. The molecule has 0 aromatic heterocycles. The van der Waals surface area contributed by atoms with Crippen molar-refractivity contribution < 1.29 is 19.8 Å². The molecule has 102 valence electrons. The molecule has 2 fully saturated rings. The van der Waals surface area contributed by atoms with Gasteiger partial charge in [0, 0.05) is 6.54 Å². The highest BCUT2D eigenvalue weighted by molar-refractivity contribution is 5.77. The van der Waals surface area contributed by atoms with Crippen LogP contribution in [0.3, 0.4) is 0 Å². The zero-order valence-electron chi connectivity index (χ0n) is 10.6. The molecule has 0 aromatic rings. The minimum absolute atomic E-state index is 0.142. The van der Waals surface area contributed by atoms with Crippen LogP contribution in [0.25, 0.3) is 0 Å². The second-order valence-corrected chi connectivity index (χ2v) is 5.36. The van der Waals surface area contributed by atoms with Crippen LogP contribution in [0.15, 0.2) is 0 Å². The average molecular weight is 256 g/mol.